The first-order chi connectivity index (χ1) is 16.6. The number of carbonyl (C=O) groups is 2. The van der Waals surface area contributed by atoms with Gasteiger partial charge in [0.25, 0.3) is 5.91 Å². The molecule has 3 aromatic carbocycles. The number of benzene rings is 3. The molecular weight excluding hydrogens is 463 g/mol. The van der Waals surface area contributed by atoms with Crippen LogP contribution in [-0.2, 0) is 15.2 Å². The average Bonchev–Trinajstić information content (AvgIpc) is 2.86. The maximum Gasteiger partial charge on any atom is 0.421 e. The fourth-order valence-corrected chi connectivity index (χ4v) is 3.16. The first-order valence-corrected chi connectivity index (χ1v) is 10.3. The Kier molecular flexibility index (Phi) is 7.73. The molecular formula is C25H20F3N3O4. The van der Waals surface area contributed by atoms with Gasteiger partial charge in [-0.1, -0.05) is 54.6 Å². The normalized spacial score (nSPS) is 12.7. The zero-order valence-electron chi connectivity index (χ0n) is 18.2. The van der Waals surface area contributed by atoms with E-state index in [1.54, 1.807) is 48.5 Å². The molecule has 2 amide bonds. The van der Waals surface area contributed by atoms with Crippen LogP contribution in [-0.4, -0.2) is 29.7 Å². The third-order valence-electron chi connectivity index (χ3n) is 5.05. The second-order valence-corrected chi connectivity index (χ2v) is 7.50. The topological polar surface area (TPSA) is 111 Å². The average molecular weight is 483 g/mol. The van der Waals surface area contributed by atoms with Crippen molar-refractivity contribution in [1.82, 2.24) is 10.9 Å². The Morgan fingerprint density at radius 3 is 1.94 bits per heavy atom. The minimum atomic E-state index is -5.12. The molecule has 0 aromatic heterocycles. The van der Waals surface area contributed by atoms with Gasteiger partial charge >= 0.3 is 6.18 Å². The number of nitrogens with one attached hydrogen (secondary N) is 2. The Morgan fingerprint density at radius 1 is 0.857 bits per heavy atom. The summed E-state index contributed by atoms with van der Waals surface area (Å²) in [7, 11) is 0. The van der Waals surface area contributed by atoms with Crippen LogP contribution in [0.1, 0.15) is 17.5 Å². The van der Waals surface area contributed by atoms with Gasteiger partial charge in [0, 0.05) is 0 Å². The number of aliphatic hydroxyl groups is 1. The molecule has 0 spiro atoms. The van der Waals surface area contributed by atoms with Crippen LogP contribution in [0.15, 0.2) is 78.9 Å². The summed E-state index contributed by atoms with van der Waals surface area (Å²) >= 11 is 0. The van der Waals surface area contributed by atoms with Crippen LogP contribution in [0.4, 0.5) is 13.2 Å². The number of hydrazine groups is 1. The molecule has 1 atom stereocenters. The van der Waals surface area contributed by atoms with Gasteiger partial charge in [0.2, 0.25) is 5.91 Å². The SMILES string of the molecule is N#Cc1ccc(-c2ccc(OCC(=O)NNC(=O)C[C@](O)(c3ccccc3)C(F)(F)F)cc2)cc1. The highest BCUT2D eigenvalue weighted by molar-refractivity contribution is 5.83. The quantitative estimate of drug-likeness (QED) is 0.445. The van der Waals surface area contributed by atoms with E-state index in [1.807, 2.05) is 16.9 Å². The lowest BCUT2D eigenvalue weighted by Gasteiger charge is -2.30. The number of rotatable bonds is 7. The summed E-state index contributed by atoms with van der Waals surface area (Å²) in [5.41, 5.74) is 2.17. The summed E-state index contributed by atoms with van der Waals surface area (Å²) in [6.45, 7) is -0.515. The molecule has 180 valence electrons. The van der Waals surface area contributed by atoms with Crippen molar-refractivity contribution in [2.45, 2.75) is 18.2 Å². The van der Waals surface area contributed by atoms with Gasteiger partial charge in [0.15, 0.2) is 12.2 Å². The lowest BCUT2D eigenvalue weighted by molar-refractivity contribution is -0.267. The van der Waals surface area contributed by atoms with E-state index in [0.29, 0.717) is 11.3 Å². The van der Waals surface area contributed by atoms with E-state index in [0.717, 1.165) is 23.3 Å². The lowest BCUT2D eigenvalue weighted by Crippen LogP contribution is -2.50. The van der Waals surface area contributed by atoms with Gasteiger partial charge < -0.3 is 9.84 Å². The van der Waals surface area contributed by atoms with E-state index in [-0.39, 0.29) is 0 Å². The van der Waals surface area contributed by atoms with Gasteiger partial charge in [-0.15, -0.1) is 0 Å². The molecule has 7 nitrogen and oxygen atoms in total. The predicted molar refractivity (Wildman–Crippen MR) is 119 cm³/mol. The fourth-order valence-electron chi connectivity index (χ4n) is 3.16. The maximum absolute atomic E-state index is 13.5. The summed E-state index contributed by atoms with van der Waals surface area (Å²) in [4.78, 5) is 24.0. The molecule has 0 aliphatic heterocycles. The predicted octanol–water partition coefficient (Wildman–Crippen LogP) is 3.59. The molecule has 0 aliphatic rings. The molecule has 0 saturated carbocycles. The molecule has 3 aromatic rings. The Labute approximate surface area is 198 Å². The molecule has 0 aliphatic carbocycles. The minimum absolute atomic E-state index is 0.347. The second-order valence-electron chi connectivity index (χ2n) is 7.50. The first-order valence-electron chi connectivity index (χ1n) is 10.3. The molecule has 0 unspecified atom stereocenters. The fraction of sp³-hybridized carbons (Fsp3) is 0.160. The minimum Gasteiger partial charge on any atom is -0.484 e. The van der Waals surface area contributed by atoms with Crippen molar-refractivity contribution in [2.24, 2.45) is 0 Å². The van der Waals surface area contributed by atoms with Crippen LogP contribution in [0, 0.1) is 11.3 Å². The highest BCUT2D eigenvalue weighted by atomic mass is 19.4. The molecule has 3 N–H and O–H groups in total. The third-order valence-corrected chi connectivity index (χ3v) is 5.05. The molecule has 3 rings (SSSR count). The number of hydrogen-bond acceptors (Lipinski definition) is 5. The smallest absolute Gasteiger partial charge is 0.421 e. The van der Waals surface area contributed by atoms with Crippen molar-refractivity contribution in [3.05, 3.63) is 90.0 Å². The number of amides is 2. The van der Waals surface area contributed by atoms with Gasteiger partial charge in [-0.2, -0.15) is 18.4 Å². The van der Waals surface area contributed by atoms with Gasteiger partial charge in [-0.3, -0.25) is 20.4 Å². The monoisotopic (exact) mass is 483 g/mol. The highest BCUT2D eigenvalue weighted by Gasteiger charge is 2.56. The number of ether oxygens (including phenoxy) is 1. The van der Waals surface area contributed by atoms with E-state index in [4.69, 9.17) is 10.00 Å². The van der Waals surface area contributed by atoms with E-state index in [2.05, 4.69) is 0 Å². The van der Waals surface area contributed by atoms with E-state index in [9.17, 15) is 27.9 Å². The number of alkyl halides is 3. The summed E-state index contributed by atoms with van der Waals surface area (Å²) in [6, 6.07) is 21.9. The Morgan fingerprint density at radius 2 is 1.40 bits per heavy atom. The lowest BCUT2D eigenvalue weighted by atomic mass is 9.89. The van der Waals surface area contributed by atoms with Crippen molar-refractivity contribution in [1.29, 1.82) is 5.26 Å². The zero-order chi connectivity index (χ0) is 25.5. The van der Waals surface area contributed by atoms with Gasteiger partial charge in [0.05, 0.1) is 18.1 Å². The number of nitriles is 1. The van der Waals surface area contributed by atoms with Crippen LogP contribution in [0.2, 0.25) is 0 Å². The molecule has 10 heteroatoms. The van der Waals surface area contributed by atoms with Crippen LogP contribution in [0.3, 0.4) is 0 Å². The van der Waals surface area contributed by atoms with Crippen molar-refractivity contribution >= 4 is 11.8 Å². The van der Waals surface area contributed by atoms with Crippen molar-refractivity contribution in [3.63, 3.8) is 0 Å². The van der Waals surface area contributed by atoms with E-state index < -0.39 is 42.2 Å². The number of hydrogen-bond donors (Lipinski definition) is 3. The maximum atomic E-state index is 13.5. The molecule has 0 radical (unpaired) electrons. The second kappa shape index (κ2) is 10.7. The Hall–Kier alpha value is -4.36. The standard InChI is InChI=1S/C25H20F3N3O4/c26-25(27,28)24(34,20-4-2-1-3-5-20)14-22(32)30-31-23(33)16-35-21-12-10-19(11-13-21)18-8-6-17(15-29)7-9-18/h1-13,34H,14,16H2,(H,30,32)(H,31,33)/t24-/m0/s1. The highest BCUT2D eigenvalue weighted by Crippen LogP contribution is 2.41. The molecule has 0 heterocycles. The summed E-state index contributed by atoms with van der Waals surface area (Å²) < 4.78 is 45.8. The van der Waals surface area contributed by atoms with Crippen molar-refractivity contribution in [2.75, 3.05) is 6.61 Å². The van der Waals surface area contributed by atoms with Crippen LogP contribution in [0.5, 0.6) is 5.75 Å². The zero-order valence-corrected chi connectivity index (χ0v) is 18.2. The van der Waals surface area contributed by atoms with Crippen LogP contribution >= 0.6 is 0 Å². The molecule has 0 fully saturated rings. The largest absolute Gasteiger partial charge is 0.484 e. The number of nitrogens with zero attached hydrogens (tertiary/aromatic N) is 1. The van der Waals surface area contributed by atoms with Gasteiger partial charge in [0.1, 0.15) is 5.75 Å². The first kappa shape index (κ1) is 25.3. The third kappa shape index (κ3) is 6.37. The number of carbonyl (C=O) groups excluding carboxylic acids is 2. The molecule has 0 saturated heterocycles. The van der Waals surface area contributed by atoms with Gasteiger partial charge in [-0.25, -0.2) is 0 Å². The summed E-state index contributed by atoms with van der Waals surface area (Å²) in [5, 5.41) is 19.1. The summed E-state index contributed by atoms with van der Waals surface area (Å²) in [6.07, 6.45) is -6.47. The van der Waals surface area contributed by atoms with Crippen molar-refractivity contribution in [3.8, 4) is 22.9 Å². The number of halogens is 3. The van der Waals surface area contributed by atoms with Crippen molar-refractivity contribution < 1.29 is 32.6 Å². The van der Waals surface area contributed by atoms with E-state index in [1.165, 1.54) is 18.2 Å². The Bertz CT molecular complexity index is 1210. The summed E-state index contributed by atoms with van der Waals surface area (Å²) in [5.74, 6) is -1.71. The van der Waals surface area contributed by atoms with Crippen LogP contribution in [0.25, 0.3) is 11.1 Å². The van der Waals surface area contributed by atoms with Gasteiger partial charge in [-0.05, 0) is 41.0 Å². The molecule has 35 heavy (non-hydrogen) atoms. The van der Waals surface area contributed by atoms with Crippen LogP contribution < -0.4 is 15.6 Å². The Balaban J connectivity index is 1.51. The van der Waals surface area contributed by atoms with E-state index >= 15 is 0 Å². The molecule has 0 bridgehead atoms.